The molecular weight excluding hydrogens is 164 g/mol. The van der Waals surface area contributed by atoms with Crippen LogP contribution < -0.4 is 16.0 Å². The Kier molecular flexibility index (Phi) is 1.19. The molecule has 0 spiro atoms. The smallest absolute Gasteiger partial charge is 0.320 e. The van der Waals surface area contributed by atoms with E-state index >= 15 is 0 Å². The summed E-state index contributed by atoms with van der Waals surface area (Å²) in [6, 6.07) is -0.0810. The van der Waals surface area contributed by atoms with Gasteiger partial charge in [0.15, 0.2) is 5.11 Å². The van der Waals surface area contributed by atoms with E-state index in [0.29, 0.717) is 5.11 Å². The summed E-state index contributed by atoms with van der Waals surface area (Å²) < 4.78 is 0. The first-order valence-electron chi connectivity index (χ1n) is 3.29. The van der Waals surface area contributed by atoms with Gasteiger partial charge in [0.25, 0.3) is 0 Å². The highest BCUT2D eigenvalue weighted by molar-refractivity contribution is 7.80. The Morgan fingerprint density at radius 1 is 1.45 bits per heavy atom. The van der Waals surface area contributed by atoms with Gasteiger partial charge >= 0.3 is 6.03 Å². The number of nitrogens with one attached hydrogen (secondary N) is 3. The molecular formula is C5H8N4OS. The third kappa shape index (κ3) is 0.823. The first-order chi connectivity index (χ1) is 5.18. The van der Waals surface area contributed by atoms with Crippen LogP contribution in [0.25, 0.3) is 0 Å². The zero-order valence-electron chi connectivity index (χ0n) is 5.92. The Hall–Kier alpha value is -1.04. The maximum Gasteiger partial charge on any atom is 0.320 e. The molecule has 60 valence electrons. The van der Waals surface area contributed by atoms with Crippen LogP contribution in [-0.4, -0.2) is 35.4 Å². The number of carbonyl (C=O) groups is 1. The second kappa shape index (κ2) is 1.97. The summed E-state index contributed by atoms with van der Waals surface area (Å²) in [5, 5.41) is 9.19. The molecule has 2 aliphatic rings. The van der Waals surface area contributed by atoms with Crippen molar-refractivity contribution in [2.45, 2.75) is 12.3 Å². The van der Waals surface area contributed by atoms with Crippen LogP contribution in [0.3, 0.4) is 0 Å². The third-order valence-corrected chi connectivity index (χ3v) is 2.13. The SMILES string of the molecule is CN1C(=O)NC2NC(=S)NC21. The minimum Gasteiger partial charge on any atom is -0.339 e. The standard InChI is InChI=1S/C5H8N4OS/c1-9-3-2(7-5(9)10)6-4(11)8-3/h2-3H,1H3,(H,7,10)(H2,6,8,11). The van der Waals surface area contributed by atoms with E-state index in [-0.39, 0.29) is 18.4 Å². The van der Waals surface area contributed by atoms with Crippen molar-refractivity contribution < 1.29 is 4.79 Å². The van der Waals surface area contributed by atoms with Crippen LogP contribution in [-0.2, 0) is 0 Å². The molecule has 2 atom stereocenters. The molecule has 0 aliphatic carbocycles. The van der Waals surface area contributed by atoms with Gasteiger partial charge < -0.3 is 20.9 Å². The molecule has 0 bridgehead atoms. The number of hydrogen-bond donors (Lipinski definition) is 3. The van der Waals surface area contributed by atoms with Crippen molar-refractivity contribution in [3.05, 3.63) is 0 Å². The average Bonchev–Trinajstić information content (AvgIpc) is 2.37. The lowest BCUT2D eigenvalue weighted by atomic mass is 10.4. The van der Waals surface area contributed by atoms with E-state index in [1.165, 1.54) is 0 Å². The lowest BCUT2D eigenvalue weighted by Crippen LogP contribution is -2.40. The fourth-order valence-corrected chi connectivity index (χ4v) is 1.52. The highest BCUT2D eigenvalue weighted by Crippen LogP contribution is 2.10. The van der Waals surface area contributed by atoms with Gasteiger partial charge in [0.05, 0.1) is 0 Å². The van der Waals surface area contributed by atoms with Crippen molar-refractivity contribution in [2.24, 2.45) is 0 Å². The molecule has 2 saturated heterocycles. The quantitative estimate of drug-likeness (QED) is 0.401. The molecule has 0 aromatic heterocycles. The van der Waals surface area contributed by atoms with Crippen molar-refractivity contribution in [3.8, 4) is 0 Å². The van der Waals surface area contributed by atoms with Gasteiger partial charge in [-0.15, -0.1) is 0 Å². The molecule has 3 N–H and O–H groups in total. The Morgan fingerprint density at radius 2 is 2.18 bits per heavy atom. The van der Waals surface area contributed by atoms with Crippen molar-refractivity contribution in [1.82, 2.24) is 20.9 Å². The number of hydrogen-bond acceptors (Lipinski definition) is 2. The summed E-state index contributed by atoms with van der Waals surface area (Å²) in [6.45, 7) is 0. The molecule has 5 nitrogen and oxygen atoms in total. The number of rotatable bonds is 0. The highest BCUT2D eigenvalue weighted by atomic mass is 32.1. The number of likely N-dealkylation sites (N-methyl/N-ethyl adjacent to an activating group) is 1. The van der Waals surface area contributed by atoms with Crippen molar-refractivity contribution in [2.75, 3.05) is 7.05 Å². The molecule has 0 radical (unpaired) electrons. The minimum atomic E-state index is -0.0810. The lowest BCUT2D eigenvalue weighted by molar-refractivity contribution is 0.214. The molecule has 2 fully saturated rings. The predicted octanol–water partition coefficient (Wildman–Crippen LogP) is -1.23. The van der Waals surface area contributed by atoms with Gasteiger partial charge in [-0.25, -0.2) is 4.79 Å². The molecule has 0 aromatic carbocycles. The number of amides is 2. The van der Waals surface area contributed by atoms with Gasteiger partial charge in [-0.3, -0.25) is 0 Å². The van der Waals surface area contributed by atoms with Gasteiger partial charge in [-0.2, -0.15) is 0 Å². The third-order valence-electron chi connectivity index (χ3n) is 1.90. The predicted molar refractivity (Wildman–Crippen MR) is 42.7 cm³/mol. The Morgan fingerprint density at radius 3 is 2.82 bits per heavy atom. The first kappa shape index (κ1) is 6.66. The van der Waals surface area contributed by atoms with Crippen LogP contribution in [0.5, 0.6) is 0 Å². The number of thiocarbonyl (C=S) groups is 1. The zero-order valence-corrected chi connectivity index (χ0v) is 6.73. The van der Waals surface area contributed by atoms with E-state index < -0.39 is 0 Å². The number of nitrogens with zero attached hydrogens (tertiary/aromatic N) is 1. The Labute approximate surface area is 69.1 Å². The Balaban J connectivity index is 2.19. The maximum atomic E-state index is 11.0. The molecule has 2 unspecified atom stereocenters. The monoisotopic (exact) mass is 172 g/mol. The van der Waals surface area contributed by atoms with Gasteiger partial charge in [0.2, 0.25) is 0 Å². The summed E-state index contributed by atoms with van der Waals surface area (Å²) in [4.78, 5) is 12.6. The molecule has 2 rings (SSSR count). The normalized spacial score (nSPS) is 34.5. The molecule has 2 aliphatic heterocycles. The summed E-state index contributed by atoms with van der Waals surface area (Å²) in [7, 11) is 1.72. The van der Waals surface area contributed by atoms with Crippen LogP contribution >= 0.6 is 12.2 Å². The van der Waals surface area contributed by atoms with Gasteiger partial charge in [0.1, 0.15) is 12.3 Å². The number of carbonyl (C=O) groups excluding carboxylic acids is 1. The van der Waals surface area contributed by atoms with E-state index in [4.69, 9.17) is 12.2 Å². The van der Waals surface area contributed by atoms with Crippen LogP contribution in [0, 0.1) is 0 Å². The van der Waals surface area contributed by atoms with E-state index in [1.54, 1.807) is 11.9 Å². The molecule has 0 aromatic rings. The average molecular weight is 172 g/mol. The summed E-state index contributed by atoms with van der Waals surface area (Å²) in [6.07, 6.45) is -0.102. The summed E-state index contributed by atoms with van der Waals surface area (Å²) in [5.74, 6) is 0. The van der Waals surface area contributed by atoms with Gasteiger partial charge in [-0.1, -0.05) is 0 Å². The molecule has 6 heteroatoms. The minimum absolute atomic E-state index is 0.0324. The van der Waals surface area contributed by atoms with Gasteiger partial charge in [-0.05, 0) is 12.2 Å². The van der Waals surface area contributed by atoms with Crippen LogP contribution in [0.2, 0.25) is 0 Å². The van der Waals surface area contributed by atoms with E-state index in [9.17, 15) is 4.79 Å². The van der Waals surface area contributed by atoms with Crippen molar-refractivity contribution in [3.63, 3.8) is 0 Å². The van der Waals surface area contributed by atoms with E-state index in [0.717, 1.165) is 0 Å². The molecule has 0 saturated carbocycles. The van der Waals surface area contributed by atoms with Crippen LogP contribution in [0.4, 0.5) is 4.79 Å². The molecule has 11 heavy (non-hydrogen) atoms. The fraction of sp³-hybridized carbons (Fsp3) is 0.600. The Bertz CT molecular complexity index is 231. The zero-order chi connectivity index (χ0) is 8.01. The van der Waals surface area contributed by atoms with E-state index in [2.05, 4.69) is 16.0 Å². The topological polar surface area (TPSA) is 56.4 Å². The number of fused-ring (bicyclic) bond motifs is 1. The maximum absolute atomic E-state index is 11.0. The van der Waals surface area contributed by atoms with Crippen molar-refractivity contribution in [1.29, 1.82) is 0 Å². The summed E-state index contributed by atoms with van der Waals surface area (Å²) in [5.41, 5.74) is 0. The second-order valence-electron chi connectivity index (χ2n) is 2.60. The lowest BCUT2D eigenvalue weighted by Gasteiger charge is -2.14. The largest absolute Gasteiger partial charge is 0.339 e. The summed E-state index contributed by atoms with van der Waals surface area (Å²) >= 11 is 4.86. The van der Waals surface area contributed by atoms with E-state index in [1.807, 2.05) is 0 Å². The van der Waals surface area contributed by atoms with Crippen molar-refractivity contribution >= 4 is 23.4 Å². The second-order valence-corrected chi connectivity index (χ2v) is 3.01. The fourth-order valence-electron chi connectivity index (χ4n) is 1.28. The highest BCUT2D eigenvalue weighted by Gasteiger charge is 2.41. The molecule has 2 amide bonds. The van der Waals surface area contributed by atoms with Crippen LogP contribution in [0.15, 0.2) is 0 Å². The van der Waals surface area contributed by atoms with Gasteiger partial charge in [0, 0.05) is 7.05 Å². The molecule has 2 heterocycles. The van der Waals surface area contributed by atoms with Crippen LogP contribution in [0.1, 0.15) is 0 Å². The first-order valence-corrected chi connectivity index (χ1v) is 3.69. The number of urea groups is 1.